The van der Waals surface area contributed by atoms with E-state index in [1.54, 1.807) is 7.11 Å². The second kappa shape index (κ2) is 7.50. The number of nitrogens with one attached hydrogen (secondary N) is 1. The topological polar surface area (TPSA) is 59.9 Å². The summed E-state index contributed by atoms with van der Waals surface area (Å²) in [6, 6.07) is 12.3. The van der Waals surface area contributed by atoms with Gasteiger partial charge in [0.15, 0.2) is 0 Å². The van der Waals surface area contributed by atoms with Crippen LogP contribution in [-0.4, -0.2) is 25.4 Å². The molecule has 28 heavy (non-hydrogen) atoms. The number of hydrogen-bond acceptors (Lipinski definition) is 4. The van der Waals surface area contributed by atoms with E-state index < -0.39 is 0 Å². The predicted molar refractivity (Wildman–Crippen MR) is 109 cm³/mol. The fraction of sp³-hybridized carbons (Fsp3) is 0.304. The molecule has 0 spiro atoms. The fourth-order valence-corrected chi connectivity index (χ4v) is 3.89. The van der Waals surface area contributed by atoms with Gasteiger partial charge in [-0.3, -0.25) is 9.79 Å². The first-order valence-corrected chi connectivity index (χ1v) is 9.46. The summed E-state index contributed by atoms with van der Waals surface area (Å²) in [7, 11) is 1.66. The number of fused-ring (bicyclic) bond motifs is 1. The van der Waals surface area contributed by atoms with Crippen molar-refractivity contribution in [2.45, 2.75) is 32.8 Å². The second-order valence-corrected chi connectivity index (χ2v) is 7.34. The number of carbonyl (C=O) groups is 1. The predicted octanol–water partition coefficient (Wildman–Crippen LogP) is 3.83. The molecule has 0 bridgehead atoms. The van der Waals surface area contributed by atoms with Crippen LogP contribution in [-0.2, 0) is 11.4 Å². The highest BCUT2D eigenvalue weighted by molar-refractivity contribution is 6.12. The zero-order valence-corrected chi connectivity index (χ0v) is 16.4. The molecule has 0 saturated carbocycles. The number of amides is 1. The molecule has 1 atom stereocenters. The zero-order valence-electron chi connectivity index (χ0n) is 16.4. The molecule has 1 amide bonds. The standard InChI is InChI=1S/C23H24N2O3/c1-14-8-15(2)10-18(9-14)28-13-17-5-4-16(11-21(17)27-3)20-12-22(26)25-23-19(20)6-7-24-23/h4-6,8-11,20H,7,12-13H2,1-3H3,(H,24,25,26). The highest BCUT2D eigenvalue weighted by Crippen LogP contribution is 2.36. The third-order valence-electron chi connectivity index (χ3n) is 5.16. The molecule has 0 aliphatic carbocycles. The number of piperidine rings is 1. The van der Waals surface area contributed by atoms with Crippen molar-refractivity contribution in [1.29, 1.82) is 0 Å². The fourth-order valence-electron chi connectivity index (χ4n) is 3.89. The zero-order chi connectivity index (χ0) is 19.7. The van der Waals surface area contributed by atoms with Gasteiger partial charge in [-0.2, -0.15) is 0 Å². The summed E-state index contributed by atoms with van der Waals surface area (Å²) in [4.78, 5) is 16.4. The molecule has 2 aliphatic heterocycles. The Hall–Kier alpha value is -3.08. The van der Waals surface area contributed by atoms with Gasteiger partial charge >= 0.3 is 0 Å². The van der Waals surface area contributed by atoms with Crippen LogP contribution in [0.3, 0.4) is 0 Å². The Labute approximate surface area is 165 Å². The summed E-state index contributed by atoms with van der Waals surface area (Å²) in [6.07, 6.45) is 2.51. The number of ether oxygens (including phenoxy) is 2. The summed E-state index contributed by atoms with van der Waals surface area (Å²) in [6.45, 7) is 5.17. The molecule has 2 heterocycles. The lowest BCUT2D eigenvalue weighted by atomic mass is 9.84. The summed E-state index contributed by atoms with van der Waals surface area (Å²) in [5.41, 5.74) is 5.48. The average molecular weight is 376 g/mol. The van der Waals surface area contributed by atoms with E-state index in [2.05, 4.69) is 42.4 Å². The van der Waals surface area contributed by atoms with Gasteiger partial charge in [0.25, 0.3) is 0 Å². The van der Waals surface area contributed by atoms with Crippen molar-refractivity contribution in [1.82, 2.24) is 5.32 Å². The molecule has 1 N–H and O–H groups in total. The molecular weight excluding hydrogens is 352 g/mol. The van der Waals surface area contributed by atoms with E-state index in [9.17, 15) is 4.79 Å². The Morgan fingerprint density at radius 3 is 2.68 bits per heavy atom. The van der Waals surface area contributed by atoms with Crippen molar-refractivity contribution in [3.8, 4) is 11.5 Å². The number of amidine groups is 1. The van der Waals surface area contributed by atoms with Gasteiger partial charge < -0.3 is 14.8 Å². The van der Waals surface area contributed by atoms with E-state index in [-0.39, 0.29) is 11.8 Å². The van der Waals surface area contributed by atoms with Crippen molar-refractivity contribution in [3.63, 3.8) is 0 Å². The molecule has 1 fully saturated rings. The van der Waals surface area contributed by atoms with Gasteiger partial charge in [0.2, 0.25) is 5.91 Å². The van der Waals surface area contributed by atoms with Crippen molar-refractivity contribution in [2.24, 2.45) is 4.99 Å². The Morgan fingerprint density at radius 2 is 1.93 bits per heavy atom. The molecule has 2 aromatic rings. The minimum Gasteiger partial charge on any atom is -0.496 e. The van der Waals surface area contributed by atoms with Gasteiger partial charge in [0, 0.05) is 23.5 Å². The van der Waals surface area contributed by atoms with Crippen LogP contribution in [0.5, 0.6) is 11.5 Å². The van der Waals surface area contributed by atoms with Crippen LogP contribution in [0.4, 0.5) is 0 Å². The lowest BCUT2D eigenvalue weighted by Crippen LogP contribution is -2.38. The van der Waals surface area contributed by atoms with Crippen molar-refractivity contribution in [2.75, 3.05) is 13.7 Å². The van der Waals surface area contributed by atoms with E-state index in [1.807, 2.05) is 24.3 Å². The van der Waals surface area contributed by atoms with Gasteiger partial charge in [0.05, 0.1) is 13.7 Å². The molecule has 2 aromatic carbocycles. The summed E-state index contributed by atoms with van der Waals surface area (Å²) in [5, 5.41) is 2.86. The Balaban J connectivity index is 1.56. The number of hydrogen-bond donors (Lipinski definition) is 1. The molecule has 0 aromatic heterocycles. The van der Waals surface area contributed by atoms with Crippen LogP contribution >= 0.6 is 0 Å². The van der Waals surface area contributed by atoms with Crippen molar-refractivity contribution >= 4 is 11.7 Å². The number of benzene rings is 2. The lowest BCUT2D eigenvalue weighted by molar-refractivity contribution is -0.120. The monoisotopic (exact) mass is 376 g/mol. The van der Waals surface area contributed by atoms with E-state index in [4.69, 9.17) is 9.47 Å². The van der Waals surface area contributed by atoms with Crippen LogP contribution in [0.1, 0.15) is 34.6 Å². The van der Waals surface area contributed by atoms with Gasteiger partial charge in [-0.25, -0.2) is 0 Å². The van der Waals surface area contributed by atoms with Crippen molar-refractivity contribution < 1.29 is 14.3 Å². The number of nitrogens with zero attached hydrogens (tertiary/aromatic N) is 1. The summed E-state index contributed by atoms with van der Waals surface area (Å²) >= 11 is 0. The quantitative estimate of drug-likeness (QED) is 0.863. The largest absolute Gasteiger partial charge is 0.496 e. The van der Waals surface area contributed by atoms with Crippen LogP contribution in [0, 0.1) is 13.8 Å². The van der Waals surface area contributed by atoms with Gasteiger partial charge in [-0.15, -0.1) is 0 Å². The van der Waals surface area contributed by atoms with Crippen LogP contribution in [0.2, 0.25) is 0 Å². The molecule has 0 radical (unpaired) electrons. The van der Waals surface area contributed by atoms with Crippen molar-refractivity contribution in [3.05, 3.63) is 70.3 Å². The van der Waals surface area contributed by atoms with Crippen LogP contribution in [0.15, 0.2) is 53.0 Å². The average Bonchev–Trinajstić information content (AvgIpc) is 3.13. The molecule has 2 aliphatic rings. The Morgan fingerprint density at radius 1 is 1.14 bits per heavy atom. The maximum absolute atomic E-state index is 12.1. The third kappa shape index (κ3) is 3.65. The van der Waals surface area contributed by atoms with E-state index in [1.165, 1.54) is 11.1 Å². The number of aryl methyl sites for hydroxylation is 2. The van der Waals surface area contributed by atoms with Gasteiger partial charge in [-0.05, 0) is 48.7 Å². The minimum atomic E-state index is 0.00370. The third-order valence-corrected chi connectivity index (χ3v) is 5.16. The van der Waals surface area contributed by atoms with E-state index in [0.717, 1.165) is 28.2 Å². The molecule has 144 valence electrons. The molecule has 1 unspecified atom stereocenters. The first-order chi connectivity index (χ1) is 13.5. The van der Waals surface area contributed by atoms with Gasteiger partial charge in [0.1, 0.15) is 23.9 Å². The molecule has 5 nitrogen and oxygen atoms in total. The second-order valence-electron chi connectivity index (χ2n) is 7.34. The highest BCUT2D eigenvalue weighted by Gasteiger charge is 2.32. The summed E-state index contributed by atoms with van der Waals surface area (Å²) in [5.74, 6) is 2.35. The summed E-state index contributed by atoms with van der Waals surface area (Å²) < 4.78 is 11.6. The molecular formula is C23H24N2O3. The lowest BCUT2D eigenvalue weighted by Gasteiger charge is -2.26. The van der Waals surface area contributed by atoms with E-state index in [0.29, 0.717) is 25.4 Å². The molecule has 5 heteroatoms. The Bertz CT molecular complexity index is 971. The maximum atomic E-state index is 12.1. The van der Waals surface area contributed by atoms with Gasteiger partial charge in [-0.1, -0.05) is 24.3 Å². The Kier molecular flexibility index (Phi) is 4.90. The normalized spacial score (nSPS) is 18.1. The number of aliphatic imine (C=N–C) groups is 1. The van der Waals surface area contributed by atoms with Crippen LogP contribution in [0.25, 0.3) is 0 Å². The molecule has 4 rings (SSSR count). The number of methoxy groups -OCH3 is 1. The van der Waals surface area contributed by atoms with E-state index >= 15 is 0 Å². The molecule has 1 saturated heterocycles. The highest BCUT2D eigenvalue weighted by atomic mass is 16.5. The maximum Gasteiger partial charge on any atom is 0.226 e. The number of rotatable bonds is 5. The SMILES string of the molecule is COc1cc(C2CC(=O)NC3=NCC=C32)ccc1COc1cc(C)cc(C)c1. The minimum absolute atomic E-state index is 0.00370. The first kappa shape index (κ1) is 18.3. The van der Waals surface area contributed by atoms with Crippen LogP contribution < -0.4 is 14.8 Å². The smallest absolute Gasteiger partial charge is 0.226 e. The first-order valence-electron chi connectivity index (χ1n) is 9.46. The number of carbonyl (C=O) groups excluding carboxylic acids is 1.